The molecule has 0 bridgehead atoms. The molecule has 0 aliphatic rings. The Kier molecular flexibility index (Phi) is 4.60. The molecule has 25 heavy (non-hydrogen) atoms. The van der Waals surface area contributed by atoms with E-state index in [9.17, 15) is 14.9 Å². The zero-order valence-corrected chi connectivity index (χ0v) is 12.7. The Morgan fingerprint density at radius 2 is 1.92 bits per heavy atom. The molecular formula is C15H11N5O5. The molecule has 10 heteroatoms. The zero-order chi connectivity index (χ0) is 17.6. The fourth-order valence-electron chi connectivity index (χ4n) is 1.97. The zero-order valence-electron chi connectivity index (χ0n) is 12.7. The van der Waals surface area contributed by atoms with Gasteiger partial charge in [0.15, 0.2) is 12.4 Å². The van der Waals surface area contributed by atoms with Gasteiger partial charge in [0.25, 0.3) is 0 Å². The number of nitrogens with zero attached hydrogens (tertiary/aromatic N) is 5. The van der Waals surface area contributed by atoms with Gasteiger partial charge in [-0.1, -0.05) is 12.1 Å². The summed E-state index contributed by atoms with van der Waals surface area (Å²) in [6.45, 7) is -0.459. The maximum absolute atomic E-state index is 11.8. The summed E-state index contributed by atoms with van der Waals surface area (Å²) in [4.78, 5) is 22.1. The standard InChI is InChI=1S/C15H11N5O5/c21-15(9-24-14-4-2-1-3-13(14)20(22)23)25-12-7-5-11(6-8-12)19-10-16-17-18-19/h1-8,10H,9H2. The number of rotatable bonds is 6. The van der Waals surface area contributed by atoms with Crippen molar-refractivity contribution in [3.05, 3.63) is 65.0 Å². The number of aromatic nitrogens is 4. The highest BCUT2D eigenvalue weighted by Gasteiger charge is 2.15. The Hall–Kier alpha value is -3.82. The van der Waals surface area contributed by atoms with Crippen molar-refractivity contribution in [2.24, 2.45) is 0 Å². The van der Waals surface area contributed by atoms with E-state index < -0.39 is 17.5 Å². The van der Waals surface area contributed by atoms with Crippen molar-refractivity contribution in [1.82, 2.24) is 20.2 Å². The van der Waals surface area contributed by atoms with Crippen molar-refractivity contribution in [2.75, 3.05) is 6.61 Å². The first-order valence-corrected chi connectivity index (χ1v) is 7.04. The van der Waals surface area contributed by atoms with Crippen LogP contribution in [0.25, 0.3) is 5.69 Å². The molecule has 0 unspecified atom stereocenters. The lowest BCUT2D eigenvalue weighted by atomic mass is 10.3. The number of ether oxygens (including phenoxy) is 2. The van der Waals surface area contributed by atoms with Gasteiger partial charge in [-0.3, -0.25) is 10.1 Å². The van der Waals surface area contributed by atoms with Gasteiger partial charge in [-0.15, -0.1) is 5.10 Å². The van der Waals surface area contributed by atoms with Crippen molar-refractivity contribution < 1.29 is 19.2 Å². The van der Waals surface area contributed by atoms with Crippen LogP contribution in [-0.2, 0) is 4.79 Å². The van der Waals surface area contributed by atoms with Crippen molar-refractivity contribution in [2.45, 2.75) is 0 Å². The molecule has 3 aromatic rings. The molecule has 0 saturated carbocycles. The minimum Gasteiger partial charge on any atom is -0.475 e. The Balaban J connectivity index is 1.59. The summed E-state index contributed by atoms with van der Waals surface area (Å²) < 4.78 is 11.7. The molecule has 126 valence electrons. The van der Waals surface area contributed by atoms with Crippen LogP contribution in [0.4, 0.5) is 5.69 Å². The molecule has 10 nitrogen and oxygen atoms in total. The summed E-state index contributed by atoms with van der Waals surface area (Å²) in [5.74, 6) is -0.389. The van der Waals surface area contributed by atoms with E-state index in [0.717, 1.165) is 0 Å². The summed E-state index contributed by atoms with van der Waals surface area (Å²) in [7, 11) is 0. The second kappa shape index (κ2) is 7.17. The van der Waals surface area contributed by atoms with E-state index in [1.807, 2.05) is 0 Å². The average Bonchev–Trinajstić information content (AvgIpc) is 3.15. The molecule has 1 heterocycles. The van der Waals surface area contributed by atoms with E-state index in [2.05, 4.69) is 15.5 Å². The Morgan fingerprint density at radius 1 is 1.16 bits per heavy atom. The second-order valence-corrected chi connectivity index (χ2v) is 4.74. The van der Waals surface area contributed by atoms with Gasteiger partial charge in [-0.2, -0.15) is 0 Å². The number of carbonyl (C=O) groups excluding carboxylic acids is 1. The summed E-state index contributed by atoms with van der Waals surface area (Å²) in [6, 6.07) is 12.3. The lowest BCUT2D eigenvalue weighted by Crippen LogP contribution is -2.18. The highest BCUT2D eigenvalue weighted by molar-refractivity contribution is 5.74. The molecule has 0 aliphatic heterocycles. The highest BCUT2D eigenvalue weighted by Crippen LogP contribution is 2.25. The van der Waals surface area contributed by atoms with Gasteiger partial charge in [0.2, 0.25) is 0 Å². The SMILES string of the molecule is O=C(COc1ccccc1[N+](=O)[O-])Oc1ccc(-n2cnnn2)cc1. The van der Waals surface area contributed by atoms with Crippen molar-refractivity contribution >= 4 is 11.7 Å². The van der Waals surface area contributed by atoms with Gasteiger partial charge < -0.3 is 9.47 Å². The molecule has 0 N–H and O–H groups in total. The third-order valence-corrected chi connectivity index (χ3v) is 3.09. The van der Waals surface area contributed by atoms with E-state index in [-0.39, 0.29) is 11.4 Å². The molecule has 0 atom stereocenters. The average molecular weight is 341 g/mol. The van der Waals surface area contributed by atoms with Crippen LogP contribution >= 0.6 is 0 Å². The molecule has 2 aromatic carbocycles. The van der Waals surface area contributed by atoms with Crippen molar-refractivity contribution in [3.63, 3.8) is 0 Å². The van der Waals surface area contributed by atoms with Crippen LogP contribution in [0.15, 0.2) is 54.9 Å². The number of nitro benzene ring substituents is 1. The number of nitro groups is 1. The van der Waals surface area contributed by atoms with E-state index in [4.69, 9.17) is 9.47 Å². The quantitative estimate of drug-likeness (QED) is 0.286. The summed E-state index contributed by atoms with van der Waals surface area (Å²) in [5.41, 5.74) is 0.474. The monoisotopic (exact) mass is 341 g/mol. The van der Waals surface area contributed by atoms with Crippen LogP contribution in [0.2, 0.25) is 0 Å². The molecule has 0 fully saturated rings. The minimum atomic E-state index is -0.687. The predicted molar refractivity (Wildman–Crippen MR) is 83.4 cm³/mol. The predicted octanol–water partition coefficient (Wildman–Crippen LogP) is 1.55. The number of esters is 1. The number of carbonyl (C=O) groups is 1. The molecule has 3 rings (SSSR count). The summed E-state index contributed by atoms with van der Waals surface area (Å²) in [6.07, 6.45) is 1.43. The van der Waals surface area contributed by atoms with Crippen LogP contribution in [-0.4, -0.2) is 37.7 Å². The topological polar surface area (TPSA) is 122 Å². The lowest BCUT2D eigenvalue weighted by molar-refractivity contribution is -0.385. The maximum Gasteiger partial charge on any atom is 0.349 e. The molecule has 0 spiro atoms. The fraction of sp³-hybridized carbons (Fsp3) is 0.0667. The number of hydrogen-bond acceptors (Lipinski definition) is 8. The van der Waals surface area contributed by atoms with Gasteiger partial charge >= 0.3 is 11.7 Å². The molecule has 0 radical (unpaired) electrons. The Bertz CT molecular complexity index is 880. The number of tetrazole rings is 1. The molecular weight excluding hydrogens is 330 g/mol. The minimum absolute atomic E-state index is 0.00141. The van der Waals surface area contributed by atoms with E-state index in [1.54, 1.807) is 30.3 Å². The maximum atomic E-state index is 11.8. The largest absolute Gasteiger partial charge is 0.475 e. The van der Waals surface area contributed by atoms with Crippen LogP contribution < -0.4 is 9.47 Å². The van der Waals surface area contributed by atoms with Gasteiger partial charge in [0, 0.05) is 6.07 Å². The third kappa shape index (κ3) is 3.93. The lowest BCUT2D eigenvalue weighted by Gasteiger charge is -2.07. The van der Waals surface area contributed by atoms with Crippen LogP contribution in [0.3, 0.4) is 0 Å². The third-order valence-electron chi connectivity index (χ3n) is 3.09. The smallest absolute Gasteiger partial charge is 0.349 e. The highest BCUT2D eigenvalue weighted by atomic mass is 16.6. The van der Waals surface area contributed by atoms with Crippen molar-refractivity contribution in [3.8, 4) is 17.2 Å². The van der Waals surface area contributed by atoms with Gasteiger partial charge in [-0.25, -0.2) is 9.48 Å². The molecule has 0 aliphatic carbocycles. The number of benzene rings is 2. The normalized spacial score (nSPS) is 10.2. The van der Waals surface area contributed by atoms with Crippen molar-refractivity contribution in [1.29, 1.82) is 0 Å². The first-order valence-electron chi connectivity index (χ1n) is 7.04. The molecule has 0 amide bonds. The second-order valence-electron chi connectivity index (χ2n) is 4.74. The van der Waals surface area contributed by atoms with Crippen LogP contribution in [0, 0.1) is 10.1 Å². The fourth-order valence-corrected chi connectivity index (χ4v) is 1.97. The first-order chi connectivity index (χ1) is 12.1. The van der Waals surface area contributed by atoms with Crippen LogP contribution in [0.1, 0.15) is 0 Å². The van der Waals surface area contributed by atoms with E-state index >= 15 is 0 Å². The van der Waals surface area contributed by atoms with Gasteiger partial charge in [0.05, 0.1) is 10.6 Å². The van der Waals surface area contributed by atoms with Gasteiger partial charge in [0.1, 0.15) is 12.1 Å². The Labute approximate surface area is 140 Å². The van der Waals surface area contributed by atoms with Gasteiger partial charge in [-0.05, 0) is 40.8 Å². The van der Waals surface area contributed by atoms with E-state index in [1.165, 1.54) is 29.2 Å². The first kappa shape index (κ1) is 16.1. The summed E-state index contributed by atoms with van der Waals surface area (Å²) >= 11 is 0. The molecule has 0 saturated heterocycles. The Morgan fingerprint density at radius 3 is 2.60 bits per heavy atom. The number of para-hydroxylation sites is 2. The summed E-state index contributed by atoms with van der Waals surface area (Å²) in [5, 5.41) is 21.7. The van der Waals surface area contributed by atoms with Crippen LogP contribution in [0.5, 0.6) is 11.5 Å². The molecule has 1 aromatic heterocycles. The van der Waals surface area contributed by atoms with E-state index in [0.29, 0.717) is 11.4 Å². The number of hydrogen-bond donors (Lipinski definition) is 0.